The van der Waals surface area contributed by atoms with Crippen LogP contribution in [0.25, 0.3) is 0 Å². The molecule has 0 N–H and O–H groups in total. The normalized spacial score (nSPS) is 35.2. The fourth-order valence-corrected chi connectivity index (χ4v) is 6.67. The van der Waals surface area contributed by atoms with Gasteiger partial charge in [-0.1, -0.05) is 33.4 Å². The second kappa shape index (κ2) is 6.44. The molecule has 0 unspecified atom stereocenters. The van der Waals surface area contributed by atoms with Crippen molar-refractivity contribution in [3.63, 3.8) is 0 Å². The average molecular weight is 400 g/mol. The number of rotatable bonds is 0. The van der Waals surface area contributed by atoms with Crippen LogP contribution in [0.15, 0.2) is 57.7 Å². The van der Waals surface area contributed by atoms with Crippen molar-refractivity contribution in [2.75, 3.05) is 0 Å². The molecule has 0 bridgehead atoms. The highest BCUT2D eigenvalue weighted by Crippen LogP contribution is 2.52. The molecule has 152 valence electrons. The maximum absolute atomic E-state index is 12.4. The minimum Gasteiger partial charge on any atom is -0.295 e. The van der Waals surface area contributed by atoms with E-state index in [0.29, 0.717) is 0 Å². The Morgan fingerprint density at radius 3 is 0.867 bits per heavy atom. The molecular formula is C26H24O4. The van der Waals surface area contributed by atoms with Crippen molar-refractivity contribution in [2.45, 2.75) is 51.4 Å². The van der Waals surface area contributed by atoms with Crippen LogP contribution in [-0.2, 0) is 19.2 Å². The summed E-state index contributed by atoms with van der Waals surface area (Å²) in [5.74, 6) is -0.273. The van der Waals surface area contributed by atoms with Crippen molar-refractivity contribution in [1.29, 1.82) is 0 Å². The lowest BCUT2D eigenvalue weighted by molar-refractivity contribution is -0.129. The number of allylic oxidation sites excluding steroid dienone is 10. The maximum Gasteiger partial charge on any atom is 0.159 e. The largest absolute Gasteiger partial charge is 0.295 e. The minimum absolute atomic E-state index is 0.103. The third-order valence-corrected chi connectivity index (χ3v) is 8.33. The van der Waals surface area contributed by atoms with Crippen LogP contribution < -0.4 is 0 Å². The Balaban J connectivity index is 1.24. The van der Waals surface area contributed by atoms with E-state index >= 15 is 0 Å². The van der Waals surface area contributed by atoms with E-state index in [9.17, 15) is 19.2 Å². The Morgan fingerprint density at radius 2 is 0.633 bits per heavy atom. The van der Waals surface area contributed by atoms with Gasteiger partial charge in [-0.2, -0.15) is 0 Å². The molecule has 0 aromatic rings. The number of fused-ring (bicyclic) bond motifs is 2. The predicted molar refractivity (Wildman–Crippen MR) is 110 cm³/mol. The van der Waals surface area contributed by atoms with Gasteiger partial charge in [0, 0.05) is 23.7 Å². The first-order valence-electron chi connectivity index (χ1n) is 11.1. The van der Waals surface area contributed by atoms with Gasteiger partial charge in [-0.3, -0.25) is 19.2 Å². The van der Waals surface area contributed by atoms with E-state index in [1.165, 1.54) is 57.7 Å². The van der Waals surface area contributed by atoms with Crippen LogP contribution in [-0.4, -0.2) is 23.1 Å². The van der Waals surface area contributed by atoms with Gasteiger partial charge in [0.25, 0.3) is 0 Å². The minimum atomic E-state index is -0.171. The first kappa shape index (κ1) is 18.2. The molecule has 0 aromatic heterocycles. The van der Waals surface area contributed by atoms with Gasteiger partial charge in [0.15, 0.2) is 23.1 Å². The molecule has 30 heavy (non-hydrogen) atoms. The predicted octanol–water partition coefficient (Wildman–Crippen LogP) is 3.93. The number of carbonyl (C=O) groups excluding carboxylic acids is 4. The van der Waals surface area contributed by atoms with Crippen LogP contribution in [0.4, 0.5) is 0 Å². The van der Waals surface area contributed by atoms with Crippen LogP contribution in [0.2, 0.25) is 0 Å². The first-order chi connectivity index (χ1) is 14.5. The Bertz CT molecular complexity index is 924. The molecule has 4 heteroatoms. The molecular weight excluding hydrogens is 376 g/mol. The Kier molecular flexibility index (Phi) is 3.90. The van der Waals surface area contributed by atoms with Crippen LogP contribution in [0, 0.1) is 23.7 Å². The van der Waals surface area contributed by atoms with E-state index in [1.807, 2.05) is 0 Å². The lowest BCUT2D eigenvalue weighted by Gasteiger charge is -2.41. The number of ketones is 4. The first-order valence-corrected chi connectivity index (χ1v) is 11.1. The van der Waals surface area contributed by atoms with Crippen LogP contribution >= 0.6 is 0 Å². The monoisotopic (exact) mass is 400 g/mol. The summed E-state index contributed by atoms with van der Waals surface area (Å²) in [5.41, 5.74) is 8.40. The Labute approximate surface area is 175 Å². The molecule has 6 aliphatic carbocycles. The Morgan fingerprint density at radius 1 is 0.400 bits per heavy atom. The number of hydrogen-bond donors (Lipinski definition) is 0. The van der Waals surface area contributed by atoms with Gasteiger partial charge in [-0.25, -0.2) is 0 Å². The van der Waals surface area contributed by atoms with E-state index < -0.39 is 0 Å². The fourth-order valence-electron chi connectivity index (χ4n) is 6.67. The quantitative estimate of drug-likeness (QED) is 0.578. The van der Waals surface area contributed by atoms with Crippen molar-refractivity contribution in [3.8, 4) is 0 Å². The average Bonchev–Trinajstić information content (AvgIpc) is 2.74. The summed E-state index contributed by atoms with van der Waals surface area (Å²) in [6.07, 6.45) is 12.4. The smallest absolute Gasteiger partial charge is 0.159 e. The topological polar surface area (TPSA) is 68.3 Å². The van der Waals surface area contributed by atoms with E-state index in [2.05, 4.69) is 0 Å². The molecule has 0 heterocycles. The van der Waals surface area contributed by atoms with Gasteiger partial charge in [0.05, 0.1) is 0 Å². The molecule has 0 aromatic carbocycles. The van der Waals surface area contributed by atoms with Crippen molar-refractivity contribution in [3.05, 3.63) is 57.7 Å². The van der Waals surface area contributed by atoms with Crippen molar-refractivity contribution >= 4 is 23.1 Å². The second-order valence-electron chi connectivity index (χ2n) is 9.85. The maximum atomic E-state index is 12.4. The summed E-state index contributed by atoms with van der Waals surface area (Å²) in [4.78, 5) is 49.5. The molecule has 0 saturated heterocycles. The molecule has 0 aliphatic heterocycles. The SMILES string of the molecule is O=C1C=CC(=O)[C@@H]2CC3=C(CC4=C(C3)CC3=C(C4)C[C@H]4C(=O)C=CC(=O)[C@@H]4C3)C[C@H]12. The summed E-state index contributed by atoms with van der Waals surface area (Å²) in [6, 6.07) is 0. The van der Waals surface area contributed by atoms with Gasteiger partial charge in [0.1, 0.15) is 0 Å². The van der Waals surface area contributed by atoms with Gasteiger partial charge < -0.3 is 0 Å². The highest BCUT2D eigenvalue weighted by atomic mass is 16.1. The van der Waals surface area contributed by atoms with Crippen LogP contribution in [0.1, 0.15) is 51.4 Å². The molecule has 6 aliphatic rings. The molecule has 0 saturated carbocycles. The summed E-state index contributed by atoms with van der Waals surface area (Å²) >= 11 is 0. The lowest BCUT2D eigenvalue weighted by atomic mass is 9.62. The van der Waals surface area contributed by atoms with E-state index in [4.69, 9.17) is 0 Å². The molecule has 4 nitrogen and oxygen atoms in total. The zero-order valence-electron chi connectivity index (χ0n) is 16.9. The summed E-state index contributed by atoms with van der Waals surface area (Å²) in [6.45, 7) is 0. The molecule has 6 rings (SSSR count). The fraction of sp³-hybridized carbons (Fsp3) is 0.462. The van der Waals surface area contributed by atoms with Gasteiger partial charge in [0.2, 0.25) is 0 Å². The van der Waals surface area contributed by atoms with E-state index in [-0.39, 0.29) is 46.8 Å². The highest BCUT2D eigenvalue weighted by Gasteiger charge is 2.43. The molecule has 0 radical (unpaired) electrons. The van der Waals surface area contributed by atoms with Crippen molar-refractivity contribution < 1.29 is 19.2 Å². The van der Waals surface area contributed by atoms with Crippen LogP contribution in [0.5, 0.6) is 0 Å². The van der Waals surface area contributed by atoms with Gasteiger partial charge in [-0.05, 0) is 75.7 Å². The zero-order valence-corrected chi connectivity index (χ0v) is 16.9. The standard InChI is InChI=1S/C26H24O4/c27-23-1-2-24(28)20-10-16-6-14-8-18-12-22-21(25(29)3-4-26(22)30)11-17(18)7-13(14)5-15(16)9-19(20)23/h1-4,19-22H,5-12H2/t19-,20-,21-,22+/m1/s1. The van der Waals surface area contributed by atoms with Crippen molar-refractivity contribution in [1.82, 2.24) is 0 Å². The van der Waals surface area contributed by atoms with E-state index in [1.54, 1.807) is 0 Å². The third kappa shape index (κ3) is 2.65. The summed E-state index contributed by atoms with van der Waals surface area (Å²) in [5, 5.41) is 0. The molecule has 0 amide bonds. The Hall–Kier alpha value is -2.62. The lowest BCUT2D eigenvalue weighted by Crippen LogP contribution is -2.37. The summed E-state index contributed by atoms with van der Waals surface area (Å²) < 4.78 is 0. The number of carbonyl (C=O) groups is 4. The van der Waals surface area contributed by atoms with Crippen LogP contribution in [0.3, 0.4) is 0 Å². The highest BCUT2D eigenvalue weighted by molar-refractivity contribution is 6.08. The van der Waals surface area contributed by atoms with Gasteiger partial charge >= 0.3 is 0 Å². The molecule has 0 spiro atoms. The second-order valence-corrected chi connectivity index (χ2v) is 9.85. The molecule has 0 fully saturated rings. The van der Waals surface area contributed by atoms with Crippen molar-refractivity contribution in [2.24, 2.45) is 23.7 Å². The summed E-state index contributed by atoms with van der Waals surface area (Å²) in [7, 11) is 0. The molecule has 4 atom stereocenters. The van der Waals surface area contributed by atoms with E-state index in [0.717, 1.165) is 51.4 Å². The zero-order chi connectivity index (χ0) is 20.6. The van der Waals surface area contributed by atoms with Gasteiger partial charge in [-0.15, -0.1) is 0 Å². The number of hydrogen-bond acceptors (Lipinski definition) is 4. The third-order valence-electron chi connectivity index (χ3n) is 8.33.